The highest BCUT2D eigenvalue weighted by molar-refractivity contribution is 5.86. The first-order valence-corrected chi connectivity index (χ1v) is 3.01. The Hall–Kier alpha value is -0.540. The third-order valence-electron chi connectivity index (χ3n) is 0.786. The molecule has 0 aliphatic rings. The Morgan fingerprint density at radius 2 is 2.00 bits per heavy atom. The van der Waals surface area contributed by atoms with Crippen LogP contribution in [-0.2, 0) is 9.53 Å². The number of hydrogen-bond donors (Lipinski definition) is 1. The first-order chi connectivity index (χ1) is 4.18. The van der Waals surface area contributed by atoms with Crippen LogP contribution in [0.4, 0.5) is 0 Å². The van der Waals surface area contributed by atoms with E-state index in [4.69, 9.17) is 4.74 Å². The molecule has 68 valence electrons. The fraction of sp³-hybridized carbons (Fsp3) is 0.571. The lowest BCUT2D eigenvalue weighted by atomic mass is 10.4. The third-order valence-corrected chi connectivity index (χ3v) is 0.786. The van der Waals surface area contributed by atoms with Gasteiger partial charge in [0, 0.05) is 5.57 Å². The van der Waals surface area contributed by atoms with Crippen LogP contribution in [0, 0.1) is 0 Å². The van der Waals surface area contributed by atoms with Crippen molar-refractivity contribution < 1.29 is 9.53 Å². The fourth-order valence-corrected chi connectivity index (χ4v) is 0.318. The summed E-state index contributed by atoms with van der Waals surface area (Å²) < 4.78 is 4.71. The van der Waals surface area contributed by atoms with Gasteiger partial charge in [-0.25, -0.2) is 4.79 Å². The molecule has 0 aromatic heterocycles. The number of esters is 1. The van der Waals surface area contributed by atoms with Crippen LogP contribution in [0.3, 0.4) is 0 Å². The molecule has 0 spiro atoms. The summed E-state index contributed by atoms with van der Waals surface area (Å²) in [5.41, 5.74) is 0.462. The van der Waals surface area contributed by atoms with Crippen molar-refractivity contribution in [1.82, 2.24) is 6.15 Å². The zero-order chi connectivity index (χ0) is 7.28. The summed E-state index contributed by atoms with van der Waals surface area (Å²) in [6, 6.07) is 0. The SMILES string of the molecule is C=C(C)C(=O)OCCC.Cl.[NH4+]. The van der Waals surface area contributed by atoms with E-state index < -0.39 is 0 Å². The molecule has 0 unspecified atom stereocenters. The van der Waals surface area contributed by atoms with Crippen molar-refractivity contribution in [2.45, 2.75) is 20.3 Å². The van der Waals surface area contributed by atoms with Gasteiger partial charge in [0.05, 0.1) is 6.61 Å². The van der Waals surface area contributed by atoms with Crippen LogP contribution in [0.25, 0.3) is 0 Å². The largest absolute Gasteiger partial charge is 0.462 e. The molecular formula is C7H17ClNO2+. The van der Waals surface area contributed by atoms with Crippen LogP contribution in [-0.4, -0.2) is 12.6 Å². The highest BCUT2D eigenvalue weighted by Crippen LogP contribution is 1.91. The van der Waals surface area contributed by atoms with E-state index in [-0.39, 0.29) is 24.5 Å². The van der Waals surface area contributed by atoms with E-state index >= 15 is 0 Å². The Bertz CT molecular complexity index is 126. The van der Waals surface area contributed by atoms with E-state index in [1.165, 1.54) is 0 Å². The van der Waals surface area contributed by atoms with E-state index in [2.05, 4.69) is 6.58 Å². The van der Waals surface area contributed by atoms with Crippen LogP contribution in [0.15, 0.2) is 12.2 Å². The molecule has 0 saturated heterocycles. The van der Waals surface area contributed by atoms with Gasteiger partial charge in [0.1, 0.15) is 0 Å². The summed E-state index contributed by atoms with van der Waals surface area (Å²) in [6.45, 7) is 7.51. The molecule has 4 heteroatoms. The second kappa shape index (κ2) is 9.46. The van der Waals surface area contributed by atoms with Gasteiger partial charge in [0.25, 0.3) is 0 Å². The first-order valence-electron chi connectivity index (χ1n) is 3.01. The Morgan fingerprint density at radius 1 is 1.55 bits per heavy atom. The number of ether oxygens (including phenoxy) is 1. The van der Waals surface area contributed by atoms with E-state index in [9.17, 15) is 4.79 Å². The van der Waals surface area contributed by atoms with Gasteiger partial charge in [-0.3, -0.25) is 0 Å². The average molecular weight is 183 g/mol. The number of carbonyl (C=O) groups is 1. The van der Waals surface area contributed by atoms with Gasteiger partial charge in [-0.2, -0.15) is 0 Å². The van der Waals surface area contributed by atoms with E-state index in [1.54, 1.807) is 6.92 Å². The van der Waals surface area contributed by atoms with Gasteiger partial charge in [-0.05, 0) is 13.3 Å². The lowest BCUT2D eigenvalue weighted by Gasteiger charge is -1.99. The molecule has 0 amide bonds. The molecule has 11 heavy (non-hydrogen) atoms. The summed E-state index contributed by atoms with van der Waals surface area (Å²) in [5.74, 6) is -0.295. The lowest BCUT2D eigenvalue weighted by Crippen LogP contribution is -2.04. The molecule has 0 aromatic rings. The average Bonchev–Trinajstić information content (AvgIpc) is 1.82. The molecule has 0 rings (SSSR count). The van der Waals surface area contributed by atoms with Gasteiger partial charge in [0.15, 0.2) is 0 Å². The molecule has 0 radical (unpaired) electrons. The van der Waals surface area contributed by atoms with Gasteiger partial charge in [-0.15, -0.1) is 12.4 Å². The van der Waals surface area contributed by atoms with Crippen molar-refractivity contribution in [1.29, 1.82) is 0 Å². The number of halogens is 1. The minimum Gasteiger partial charge on any atom is -0.462 e. The Labute approximate surface area is 73.8 Å². The monoisotopic (exact) mass is 182 g/mol. The van der Waals surface area contributed by atoms with E-state index in [0.29, 0.717) is 12.2 Å². The van der Waals surface area contributed by atoms with Crippen LogP contribution in [0.5, 0.6) is 0 Å². The maximum absolute atomic E-state index is 10.6. The zero-order valence-electron chi connectivity index (χ0n) is 7.35. The summed E-state index contributed by atoms with van der Waals surface area (Å²) in [6.07, 6.45) is 0.860. The highest BCUT2D eigenvalue weighted by Gasteiger charge is 1.99. The van der Waals surface area contributed by atoms with Gasteiger partial charge < -0.3 is 10.9 Å². The predicted octanol–water partition coefficient (Wildman–Crippen LogP) is 2.31. The predicted molar refractivity (Wildman–Crippen MR) is 49.3 cm³/mol. The fourth-order valence-electron chi connectivity index (χ4n) is 0.318. The summed E-state index contributed by atoms with van der Waals surface area (Å²) in [5, 5.41) is 0. The first kappa shape index (κ1) is 16.8. The molecular weight excluding hydrogens is 166 g/mol. The maximum atomic E-state index is 10.6. The van der Waals surface area contributed by atoms with Crippen LogP contribution >= 0.6 is 12.4 Å². The number of hydrogen-bond acceptors (Lipinski definition) is 2. The van der Waals surface area contributed by atoms with Crippen molar-refractivity contribution in [2.75, 3.05) is 6.61 Å². The Balaban J connectivity index is -0.000000320. The molecule has 0 saturated carbocycles. The summed E-state index contributed by atoms with van der Waals surface area (Å²) in [7, 11) is 0. The molecule has 4 N–H and O–H groups in total. The van der Waals surface area contributed by atoms with Crippen LogP contribution in [0.1, 0.15) is 20.3 Å². The molecule has 0 fully saturated rings. The number of carbonyl (C=O) groups excluding carboxylic acids is 1. The second-order valence-electron chi connectivity index (χ2n) is 1.92. The van der Waals surface area contributed by atoms with Crippen LogP contribution in [0.2, 0.25) is 0 Å². The van der Waals surface area contributed by atoms with Crippen molar-refractivity contribution in [3.63, 3.8) is 0 Å². The standard InChI is InChI=1S/C7H12O2.ClH.H3N/c1-4-5-9-7(8)6(2)3;;/h2,4-5H2,1,3H3;1H;1H3/p+1. The van der Waals surface area contributed by atoms with E-state index in [0.717, 1.165) is 6.42 Å². The third kappa shape index (κ3) is 9.46. The quantitative estimate of drug-likeness (QED) is 0.538. The molecule has 0 aromatic carbocycles. The second-order valence-corrected chi connectivity index (χ2v) is 1.92. The number of rotatable bonds is 3. The van der Waals surface area contributed by atoms with Crippen molar-refractivity contribution in [3.8, 4) is 0 Å². The van der Waals surface area contributed by atoms with Crippen molar-refractivity contribution in [2.24, 2.45) is 0 Å². The summed E-state index contributed by atoms with van der Waals surface area (Å²) >= 11 is 0. The molecule has 0 aliphatic carbocycles. The van der Waals surface area contributed by atoms with Gasteiger partial charge >= 0.3 is 5.97 Å². The zero-order valence-corrected chi connectivity index (χ0v) is 8.16. The van der Waals surface area contributed by atoms with Crippen molar-refractivity contribution in [3.05, 3.63) is 12.2 Å². The molecule has 0 aliphatic heterocycles. The summed E-state index contributed by atoms with van der Waals surface area (Å²) in [4.78, 5) is 10.6. The molecule has 0 heterocycles. The molecule has 0 atom stereocenters. The van der Waals surface area contributed by atoms with Crippen LogP contribution < -0.4 is 6.15 Å². The Kier molecular flexibility index (Phi) is 14.5. The minimum atomic E-state index is -0.295. The topological polar surface area (TPSA) is 62.8 Å². The van der Waals surface area contributed by atoms with E-state index in [1.807, 2.05) is 6.92 Å². The normalized spacial score (nSPS) is 7.09. The maximum Gasteiger partial charge on any atom is 0.333 e. The smallest absolute Gasteiger partial charge is 0.333 e. The lowest BCUT2D eigenvalue weighted by molar-refractivity contribution is -0.138. The van der Waals surface area contributed by atoms with Gasteiger partial charge in [-0.1, -0.05) is 13.5 Å². The molecule has 3 nitrogen and oxygen atoms in total. The van der Waals surface area contributed by atoms with Crippen molar-refractivity contribution >= 4 is 18.4 Å². The Morgan fingerprint density at radius 3 is 2.27 bits per heavy atom. The number of quaternary nitrogens is 1. The highest BCUT2D eigenvalue weighted by atomic mass is 35.5. The molecule has 0 bridgehead atoms. The van der Waals surface area contributed by atoms with Gasteiger partial charge in [0.2, 0.25) is 0 Å². The minimum absolute atomic E-state index is 0.